The molecule has 0 unspecified atom stereocenters. The van der Waals surface area contributed by atoms with Crippen molar-refractivity contribution in [1.29, 1.82) is 0 Å². The number of hydrogen-bond donors (Lipinski definition) is 1. The second-order valence-corrected chi connectivity index (χ2v) is 7.13. The zero-order valence-corrected chi connectivity index (χ0v) is 6.99. The van der Waals surface area contributed by atoms with Gasteiger partial charge in [-0.3, -0.25) is 4.21 Å². The molecule has 0 saturated heterocycles. The molecule has 0 rings (SSSR count). The molecule has 0 bridgehead atoms. The van der Waals surface area contributed by atoms with Gasteiger partial charge < -0.3 is 0 Å². The Balaban J connectivity index is 3.48. The maximum absolute atomic E-state index is 10.6. The maximum atomic E-state index is 10.6. The van der Waals surface area contributed by atoms with Crippen molar-refractivity contribution < 1.29 is 4.21 Å². The molecular formula is C3H9IOS. The third-order valence-electron chi connectivity index (χ3n) is 0.288. The number of alkyl halides is 1. The third kappa shape index (κ3) is 4.88. The van der Waals surface area contributed by atoms with E-state index >= 15 is 0 Å². The predicted molar refractivity (Wildman–Crippen MR) is 40.3 cm³/mol. The van der Waals surface area contributed by atoms with Gasteiger partial charge in [0.15, 0.2) is 0 Å². The van der Waals surface area contributed by atoms with Crippen LogP contribution in [0.2, 0.25) is 0 Å². The molecule has 6 heavy (non-hydrogen) atoms. The highest BCUT2D eigenvalue weighted by Gasteiger charge is 1.91. The molecule has 0 N–H and O–H groups in total. The van der Waals surface area contributed by atoms with E-state index in [4.69, 9.17) is 0 Å². The van der Waals surface area contributed by atoms with Crippen LogP contribution in [0, 0.1) is 0 Å². The van der Waals surface area contributed by atoms with Crippen molar-refractivity contribution in [3.05, 3.63) is 0 Å². The smallest absolute Gasteiger partial charge is 0.0528 e. The number of halogens is 1. The van der Waals surface area contributed by atoms with Gasteiger partial charge >= 0.3 is 0 Å². The van der Waals surface area contributed by atoms with Crippen molar-refractivity contribution in [3.8, 4) is 0 Å². The predicted octanol–water partition coefficient (Wildman–Crippen LogP) is 0.655. The van der Waals surface area contributed by atoms with Gasteiger partial charge in [-0.05, 0) is 12.5 Å². The number of thiol groups is 1. The van der Waals surface area contributed by atoms with Crippen LogP contribution in [0.1, 0.15) is 0 Å². The lowest BCUT2D eigenvalue weighted by molar-refractivity contribution is 0.682. The van der Waals surface area contributed by atoms with Crippen LogP contribution in [-0.2, 0) is 9.93 Å². The fraction of sp³-hybridized carbons (Fsp3) is 1.00. The molecule has 0 aromatic rings. The summed E-state index contributed by atoms with van der Waals surface area (Å²) in [5, 5.41) is 0. The molecule has 0 aliphatic rings. The molecule has 3 heteroatoms. The summed E-state index contributed by atoms with van der Waals surface area (Å²) in [5.41, 5.74) is 0. The van der Waals surface area contributed by atoms with E-state index in [1.807, 2.05) is 0 Å². The summed E-state index contributed by atoms with van der Waals surface area (Å²) >= 11 is 2.13. The van der Waals surface area contributed by atoms with E-state index in [0.717, 1.165) is 3.76 Å². The molecule has 0 saturated carbocycles. The van der Waals surface area contributed by atoms with Crippen LogP contribution in [0.4, 0.5) is 0 Å². The topological polar surface area (TPSA) is 17.1 Å². The number of rotatable bonds is 1. The van der Waals surface area contributed by atoms with E-state index in [-0.39, 0.29) is 0 Å². The first-order valence-electron chi connectivity index (χ1n) is 1.66. The van der Waals surface area contributed by atoms with E-state index in [1.165, 1.54) is 0 Å². The molecule has 0 spiro atoms. The van der Waals surface area contributed by atoms with E-state index < -0.39 is 9.93 Å². The Morgan fingerprint density at radius 1 is 1.67 bits per heavy atom. The molecule has 0 aliphatic carbocycles. The van der Waals surface area contributed by atoms with Crippen molar-refractivity contribution >= 4 is 32.5 Å². The molecule has 0 radical (unpaired) electrons. The normalized spacial score (nSPS) is 14.5. The van der Waals surface area contributed by atoms with Crippen molar-refractivity contribution in [3.63, 3.8) is 0 Å². The summed E-state index contributed by atoms with van der Waals surface area (Å²) < 4.78 is 11.4. The van der Waals surface area contributed by atoms with Gasteiger partial charge in [0.05, 0.1) is 3.76 Å². The first kappa shape index (κ1) is 6.88. The second kappa shape index (κ2) is 2.26. The van der Waals surface area contributed by atoms with Gasteiger partial charge in [0.2, 0.25) is 0 Å². The van der Waals surface area contributed by atoms with Crippen molar-refractivity contribution in [2.45, 2.75) is 0 Å². The summed E-state index contributed by atoms with van der Waals surface area (Å²) in [5.74, 6) is 0. The lowest BCUT2D eigenvalue weighted by atomic mass is 11.9. The Labute approximate surface area is 53.1 Å². The monoisotopic (exact) mass is 220 g/mol. The Morgan fingerprint density at radius 2 is 1.83 bits per heavy atom. The first-order chi connectivity index (χ1) is 2.56. The zero-order chi connectivity index (χ0) is 5.21. The quantitative estimate of drug-likeness (QED) is 0.390. The molecule has 0 aliphatic heterocycles. The van der Waals surface area contributed by atoms with E-state index in [1.54, 1.807) is 12.5 Å². The molecule has 40 valence electrons. The van der Waals surface area contributed by atoms with E-state index in [9.17, 15) is 4.21 Å². The highest BCUT2D eigenvalue weighted by atomic mass is 127. The van der Waals surface area contributed by atoms with Crippen LogP contribution < -0.4 is 0 Å². The number of hydrogen-bond acceptors (Lipinski definition) is 1. The van der Waals surface area contributed by atoms with E-state index in [2.05, 4.69) is 22.6 Å². The summed E-state index contributed by atoms with van der Waals surface area (Å²) in [6.45, 7) is 0. The van der Waals surface area contributed by atoms with Gasteiger partial charge in [0.25, 0.3) is 0 Å². The molecule has 0 fully saturated rings. The SMILES string of the molecule is C[SH](C)(=O)CI. The van der Waals surface area contributed by atoms with Crippen LogP contribution in [0.25, 0.3) is 0 Å². The summed E-state index contributed by atoms with van der Waals surface area (Å²) in [6.07, 6.45) is 3.58. The van der Waals surface area contributed by atoms with Gasteiger partial charge in [-0.1, -0.05) is 22.6 Å². The van der Waals surface area contributed by atoms with Crippen LogP contribution in [0.5, 0.6) is 0 Å². The molecule has 0 heterocycles. The Hall–Kier alpha value is 0.880. The van der Waals surface area contributed by atoms with Gasteiger partial charge in [-0.2, -0.15) is 0 Å². The molecular weight excluding hydrogens is 211 g/mol. The standard InChI is InChI=1S/C3H9IOS/c1-6(2,5)3-4/h6H,3H2,1-2H3. The largest absolute Gasteiger partial charge is 0.285 e. The van der Waals surface area contributed by atoms with Crippen LogP contribution >= 0.6 is 22.6 Å². The fourth-order valence-electron chi connectivity index (χ4n) is 0. The fourth-order valence-corrected chi connectivity index (χ4v) is 0. The average molecular weight is 220 g/mol. The summed E-state index contributed by atoms with van der Waals surface area (Å²) in [7, 11) is -1.66. The van der Waals surface area contributed by atoms with Gasteiger partial charge in [0.1, 0.15) is 0 Å². The van der Waals surface area contributed by atoms with Crippen molar-refractivity contribution in [2.24, 2.45) is 0 Å². The third-order valence-corrected chi connectivity index (χ3v) is 5.79. The van der Waals surface area contributed by atoms with Gasteiger partial charge in [-0.25, -0.2) is 0 Å². The minimum atomic E-state index is -1.66. The van der Waals surface area contributed by atoms with Gasteiger partial charge in [0, 0.05) is 0 Å². The maximum Gasteiger partial charge on any atom is 0.0528 e. The van der Waals surface area contributed by atoms with Gasteiger partial charge in [-0.15, -0.1) is 9.93 Å². The van der Waals surface area contributed by atoms with Crippen LogP contribution in [-0.4, -0.2) is 20.5 Å². The molecule has 0 amide bonds. The summed E-state index contributed by atoms with van der Waals surface area (Å²) in [6, 6.07) is 0. The molecule has 1 nitrogen and oxygen atoms in total. The highest BCUT2D eigenvalue weighted by molar-refractivity contribution is 14.1. The summed E-state index contributed by atoms with van der Waals surface area (Å²) in [4.78, 5) is 0. The Bertz CT molecular complexity index is 74.9. The second-order valence-electron chi connectivity index (χ2n) is 1.69. The first-order valence-corrected chi connectivity index (χ1v) is 5.97. The lowest BCUT2D eigenvalue weighted by Gasteiger charge is -2.02. The minimum Gasteiger partial charge on any atom is -0.285 e. The average Bonchev–Trinajstić information content (AvgIpc) is 1.35. The van der Waals surface area contributed by atoms with Crippen molar-refractivity contribution in [1.82, 2.24) is 0 Å². The Morgan fingerprint density at radius 3 is 1.83 bits per heavy atom. The lowest BCUT2D eigenvalue weighted by Crippen LogP contribution is -2.04. The zero-order valence-electron chi connectivity index (χ0n) is 3.94. The molecule has 0 atom stereocenters. The molecule has 0 aromatic carbocycles. The highest BCUT2D eigenvalue weighted by Crippen LogP contribution is 1.96. The minimum absolute atomic E-state index is 0.796. The van der Waals surface area contributed by atoms with Crippen LogP contribution in [0.3, 0.4) is 0 Å². The molecule has 0 aromatic heterocycles. The van der Waals surface area contributed by atoms with Crippen LogP contribution in [0.15, 0.2) is 0 Å². The van der Waals surface area contributed by atoms with Crippen molar-refractivity contribution in [2.75, 3.05) is 16.3 Å². The Kier molecular flexibility index (Phi) is 2.59. The van der Waals surface area contributed by atoms with E-state index in [0.29, 0.717) is 0 Å².